The predicted octanol–water partition coefficient (Wildman–Crippen LogP) is 4.60. The summed E-state index contributed by atoms with van der Waals surface area (Å²) in [5, 5.41) is 11.7. The highest BCUT2D eigenvalue weighted by molar-refractivity contribution is 6.01. The van der Waals surface area contributed by atoms with E-state index in [1.165, 1.54) is 30.7 Å². The van der Waals surface area contributed by atoms with Crippen molar-refractivity contribution in [2.45, 2.75) is 70.8 Å². The molecule has 42 heavy (non-hydrogen) atoms. The van der Waals surface area contributed by atoms with E-state index in [1.807, 2.05) is 25.1 Å². The van der Waals surface area contributed by atoms with Gasteiger partial charge in [-0.1, -0.05) is 43.3 Å². The first-order valence-electron chi connectivity index (χ1n) is 15.3. The highest BCUT2D eigenvalue weighted by atomic mass is 19.1. The van der Waals surface area contributed by atoms with Crippen molar-refractivity contribution in [3.8, 4) is 0 Å². The largest absolute Gasteiger partial charge is 0.458 e. The minimum absolute atomic E-state index is 0.0342. The van der Waals surface area contributed by atoms with E-state index in [9.17, 15) is 19.5 Å². The number of rotatable bonds is 7. The lowest BCUT2D eigenvalue weighted by atomic mass is 9.43. The zero-order chi connectivity index (χ0) is 30.1. The number of halogens is 2. The summed E-state index contributed by atoms with van der Waals surface area (Å²) in [6.45, 7) is 6.34. The molecule has 0 radical (unpaired) electrons. The number of esters is 1. The number of Topliss-reactive ketones (excluding diaryl/α,β-unsaturated/α-hetero) is 1. The molecule has 0 bridgehead atoms. The number of aliphatic hydroxyl groups excluding tert-OH is 1. The second kappa shape index (κ2) is 10.2. The Balaban J connectivity index is 1.33. The van der Waals surface area contributed by atoms with Gasteiger partial charge in [-0.15, -0.1) is 0 Å². The van der Waals surface area contributed by atoms with Crippen LogP contribution in [-0.4, -0.2) is 71.7 Å². The smallest absolute Gasteiger partial charge is 0.303 e. The monoisotopic (exact) mass is 581 g/mol. The van der Waals surface area contributed by atoms with E-state index >= 15 is 8.78 Å². The number of ether oxygens (including phenoxy) is 1. The molecular formula is C34H41F2NO5. The molecule has 0 spiro atoms. The van der Waals surface area contributed by atoms with Crippen LogP contribution in [0.25, 0.3) is 0 Å². The molecule has 0 unspecified atom stereocenters. The molecule has 4 fully saturated rings. The number of hydrogen-bond donors (Lipinski definition) is 1. The van der Waals surface area contributed by atoms with Crippen LogP contribution in [-0.2, 0) is 25.5 Å². The van der Waals surface area contributed by atoms with Crippen LogP contribution < -0.4 is 0 Å². The molecule has 1 saturated heterocycles. The van der Waals surface area contributed by atoms with E-state index in [1.54, 1.807) is 6.92 Å². The Kier molecular flexibility index (Phi) is 7.12. The lowest BCUT2D eigenvalue weighted by Crippen LogP contribution is -2.69. The van der Waals surface area contributed by atoms with Gasteiger partial charge in [0.1, 0.15) is 6.17 Å². The van der Waals surface area contributed by atoms with Gasteiger partial charge >= 0.3 is 5.97 Å². The summed E-state index contributed by atoms with van der Waals surface area (Å²) in [5.74, 6) is -2.44. The normalized spacial score (nSPS) is 42.3. The Labute approximate surface area is 246 Å². The third-order valence-corrected chi connectivity index (χ3v) is 11.9. The number of carbonyl (C=O) groups is 3. The Morgan fingerprint density at radius 3 is 2.60 bits per heavy atom. The number of aryl methyl sites for hydroxylation is 1. The van der Waals surface area contributed by atoms with Gasteiger partial charge in [0, 0.05) is 31.3 Å². The maximum atomic E-state index is 17.6. The molecule has 1 aromatic carbocycles. The van der Waals surface area contributed by atoms with Crippen molar-refractivity contribution in [3.05, 3.63) is 59.7 Å². The molecule has 1 aromatic rings. The lowest BCUT2D eigenvalue weighted by molar-refractivity contribution is -0.212. The molecule has 5 aliphatic rings. The van der Waals surface area contributed by atoms with Gasteiger partial charge in [0.2, 0.25) is 0 Å². The van der Waals surface area contributed by atoms with E-state index in [4.69, 9.17) is 4.74 Å². The Morgan fingerprint density at radius 2 is 1.88 bits per heavy atom. The fourth-order valence-corrected chi connectivity index (χ4v) is 10.00. The summed E-state index contributed by atoms with van der Waals surface area (Å²) in [4.78, 5) is 40.3. The maximum Gasteiger partial charge on any atom is 0.303 e. The first-order valence-corrected chi connectivity index (χ1v) is 15.3. The van der Waals surface area contributed by atoms with E-state index < -0.39 is 46.1 Å². The Morgan fingerprint density at radius 1 is 1.14 bits per heavy atom. The molecular weight excluding hydrogens is 540 g/mol. The molecule has 6 nitrogen and oxygen atoms in total. The van der Waals surface area contributed by atoms with Crippen molar-refractivity contribution in [1.82, 2.24) is 4.90 Å². The van der Waals surface area contributed by atoms with Crippen LogP contribution >= 0.6 is 0 Å². The zero-order valence-electron chi connectivity index (χ0n) is 24.7. The molecule has 8 heteroatoms. The molecule has 0 amide bonds. The molecule has 226 valence electrons. The van der Waals surface area contributed by atoms with Crippen molar-refractivity contribution in [1.29, 1.82) is 0 Å². The number of benzene rings is 1. The Hall–Kier alpha value is -2.71. The fourth-order valence-electron chi connectivity index (χ4n) is 10.00. The number of ketones is 2. The second-order valence-electron chi connectivity index (χ2n) is 13.8. The van der Waals surface area contributed by atoms with Gasteiger partial charge in [-0.25, -0.2) is 8.78 Å². The Bertz CT molecular complexity index is 1350. The molecule has 9 atom stereocenters. The minimum atomic E-state index is -2.18. The van der Waals surface area contributed by atoms with Crippen molar-refractivity contribution in [2.75, 3.05) is 26.2 Å². The third-order valence-electron chi connectivity index (χ3n) is 11.9. The van der Waals surface area contributed by atoms with Gasteiger partial charge in [0.15, 0.2) is 23.8 Å². The SMILES string of the molecule is CC(=O)OCC(=O)[C@@]12CN(CCCc3ccccc3)C[C@@H]1C[C@H]1[C@@H]3C[C@H](F)C4=CC(=O)C=C[C@]4(C)[C@@]3(F)[C@@H](O)C[C@@]12C. The highest BCUT2D eigenvalue weighted by Crippen LogP contribution is 2.74. The molecule has 1 N–H and O–H groups in total. The maximum absolute atomic E-state index is 17.6. The first-order chi connectivity index (χ1) is 19.9. The number of alkyl halides is 2. The van der Waals surface area contributed by atoms with Crippen LogP contribution in [0.1, 0.15) is 52.0 Å². The fraction of sp³-hybridized carbons (Fsp3) is 0.618. The summed E-state index contributed by atoms with van der Waals surface area (Å²) < 4.78 is 38.7. The molecule has 1 aliphatic heterocycles. The third kappa shape index (κ3) is 4.04. The van der Waals surface area contributed by atoms with Crippen LogP contribution in [0.2, 0.25) is 0 Å². The van der Waals surface area contributed by atoms with Gasteiger partial charge in [0.25, 0.3) is 0 Å². The molecule has 4 aliphatic carbocycles. The number of likely N-dealkylation sites (tertiary alicyclic amines) is 1. The van der Waals surface area contributed by atoms with Gasteiger partial charge in [0.05, 0.1) is 11.5 Å². The summed E-state index contributed by atoms with van der Waals surface area (Å²) in [6, 6.07) is 10.2. The molecule has 0 aromatic heterocycles. The number of nitrogens with zero attached hydrogens (tertiary/aromatic N) is 1. The van der Waals surface area contributed by atoms with Crippen molar-refractivity contribution in [3.63, 3.8) is 0 Å². The quantitative estimate of drug-likeness (QED) is 0.474. The lowest BCUT2D eigenvalue weighted by Gasteiger charge is -2.63. The summed E-state index contributed by atoms with van der Waals surface area (Å²) in [6.07, 6.45) is 3.18. The average Bonchev–Trinajstić information content (AvgIpc) is 3.43. The number of fused-ring (bicyclic) bond motifs is 7. The van der Waals surface area contributed by atoms with Crippen molar-refractivity contribution < 1.29 is 33.0 Å². The van der Waals surface area contributed by atoms with Crippen LogP contribution in [0, 0.1) is 34.0 Å². The van der Waals surface area contributed by atoms with Crippen LogP contribution in [0.15, 0.2) is 54.1 Å². The molecule has 6 rings (SSSR count). The number of hydrogen-bond acceptors (Lipinski definition) is 6. The van der Waals surface area contributed by atoms with E-state index in [2.05, 4.69) is 17.0 Å². The van der Waals surface area contributed by atoms with E-state index in [-0.39, 0.29) is 48.4 Å². The standard InChI is InChI=1S/C34H41F2NO5/c1-21(38)42-19-30(41)33-20-37(13-7-10-22-8-5-4-6-9-22)18-23(33)14-25-26-16-28(35)27-15-24(39)11-12-31(27,2)34(26,36)29(40)17-32(25,33)3/h4-6,8-9,11-12,15,23,25-26,28-29,40H,7,10,13-14,16-20H2,1-3H3/t23-,25-,26-,28-,29-,31-,32-,33+,34-/m0/s1. The summed E-state index contributed by atoms with van der Waals surface area (Å²) >= 11 is 0. The van der Waals surface area contributed by atoms with Crippen LogP contribution in [0.5, 0.6) is 0 Å². The van der Waals surface area contributed by atoms with Gasteiger partial charge < -0.3 is 14.7 Å². The first kappa shape index (κ1) is 29.4. The van der Waals surface area contributed by atoms with Gasteiger partial charge in [-0.2, -0.15) is 0 Å². The zero-order valence-corrected chi connectivity index (χ0v) is 24.7. The van der Waals surface area contributed by atoms with Crippen LogP contribution in [0.3, 0.4) is 0 Å². The van der Waals surface area contributed by atoms with E-state index in [0.29, 0.717) is 19.5 Å². The van der Waals surface area contributed by atoms with Crippen LogP contribution in [0.4, 0.5) is 8.78 Å². The second-order valence-corrected chi connectivity index (χ2v) is 13.8. The minimum Gasteiger partial charge on any atom is -0.458 e. The van der Waals surface area contributed by atoms with Crippen molar-refractivity contribution in [2.24, 2.45) is 34.0 Å². The summed E-state index contributed by atoms with van der Waals surface area (Å²) in [5.41, 5.74) is -4.08. The number of carbonyl (C=O) groups excluding carboxylic acids is 3. The summed E-state index contributed by atoms with van der Waals surface area (Å²) in [7, 11) is 0. The average molecular weight is 582 g/mol. The predicted molar refractivity (Wildman–Crippen MR) is 153 cm³/mol. The molecule has 3 saturated carbocycles. The number of aliphatic hydroxyl groups is 1. The van der Waals surface area contributed by atoms with Crippen molar-refractivity contribution >= 4 is 17.5 Å². The molecule has 1 heterocycles. The highest BCUT2D eigenvalue weighted by Gasteiger charge is 2.78. The topological polar surface area (TPSA) is 83.9 Å². The van der Waals surface area contributed by atoms with E-state index in [0.717, 1.165) is 19.4 Å². The number of allylic oxidation sites excluding steroid dienone is 4. The van der Waals surface area contributed by atoms with Gasteiger partial charge in [-0.3, -0.25) is 14.4 Å². The van der Waals surface area contributed by atoms with Gasteiger partial charge in [-0.05, 0) is 86.1 Å².